The molecule has 0 N–H and O–H groups in total. The predicted octanol–water partition coefficient (Wildman–Crippen LogP) is 3.67. The molecule has 3 heterocycles. The summed E-state index contributed by atoms with van der Waals surface area (Å²) >= 11 is 0. The Morgan fingerprint density at radius 3 is 2.87 bits per heavy atom. The van der Waals surface area contributed by atoms with Crippen LogP contribution in [0.5, 0.6) is 0 Å². The van der Waals surface area contributed by atoms with Gasteiger partial charge in [-0.2, -0.15) is 0 Å². The van der Waals surface area contributed by atoms with E-state index in [0.29, 0.717) is 17.5 Å². The van der Waals surface area contributed by atoms with E-state index in [1.807, 2.05) is 17.9 Å². The van der Waals surface area contributed by atoms with E-state index in [9.17, 15) is 4.79 Å². The summed E-state index contributed by atoms with van der Waals surface area (Å²) in [7, 11) is 0. The van der Waals surface area contributed by atoms with E-state index in [-0.39, 0.29) is 5.91 Å². The normalized spacial score (nSPS) is 22.3. The maximum atomic E-state index is 13.1. The van der Waals surface area contributed by atoms with E-state index >= 15 is 0 Å². The minimum Gasteiger partial charge on any atom is -0.339 e. The Kier molecular flexibility index (Phi) is 3.58. The highest BCUT2D eigenvalue weighted by Crippen LogP contribution is 2.40. The standard InChI is InChI=1S/C18H23N3O2/c1-11-4-3-8-21(9-7-11)18(22)14-10-15(13-5-6-13)19-17-16(14)12(2)20-23-17/h10-11,13H,3-9H2,1-2H3. The molecule has 5 heteroatoms. The number of fused-ring (bicyclic) bond motifs is 1. The summed E-state index contributed by atoms with van der Waals surface area (Å²) in [5.74, 6) is 1.30. The molecule has 2 aromatic rings. The van der Waals surface area contributed by atoms with Gasteiger partial charge in [0.25, 0.3) is 11.6 Å². The molecule has 5 nitrogen and oxygen atoms in total. The molecule has 0 radical (unpaired) electrons. The number of carbonyl (C=O) groups is 1. The minimum atomic E-state index is 0.111. The van der Waals surface area contributed by atoms with Crippen molar-refractivity contribution in [2.45, 2.75) is 51.9 Å². The molecule has 1 aliphatic carbocycles. The van der Waals surface area contributed by atoms with Crippen molar-refractivity contribution in [1.29, 1.82) is 0 Å². The van der Waals surface area contributed by atoms with E-state index in [1.54, 1.807) is 0 Å². The van der Waals surface area contributed by atoms with E-state index in [2.05, 4.69) is 17.1 Å². The van der Waals surface area contributed by atoms with E-state index in [4.69, 9.17) is 4.52 Å². The van der Waals surface area contributed by atoms with Crippen LogP contribution in [0.25, 0.3) is 11.1 Å². The number of aryl methyl sites for hydroxylation is 1. The Morgan fingerprint density at radius 1 is 1.26 bits per heavy atom. The highest BCUT2D eigenvalue weighted by molar-refractivity contribution is 6.06. The van der Waals surface area contributed by atoms with Crippen molar-refractivity contribution < 1.29 is 9.32 Å². The van der Waals surface area contributed by atoms with E-state index in [0.717, 1.165) is 61.1 Å². The summed E-state index contributed by atoms with van der Waals surface area (Å²) in [6.07, 6.45) is 5.67. The highest BCUT2D eigenvalue weighted by Gasteiger charge is 2.30. The van der Waals surface area contributed by atoms with Crippen molar-refractivity contribution in [3.8, 4) is 0 Å². The SMILES string of the molecule is Cc1noc2nc(C3CC3)cc(C(=O)N3CCCC(C)CC3)c12. The van der Waals surface area contributed by atoms with Gasteiger partial charge in [0.05, 0.1) is 16.6 Å². The van der Waals surface area contributed by atoms with Crippen molar-refractivity contribution in [3.05, 3.63) is 23.0 Å². The highest BCUT2D eigenvalue weighted by atomic mass is 16.5. The van der Waals surface area contributed by atoms with Gasteiger partial charge >= 0.3 is 0 Å². The van der Waals surface area contributed by atoms with Crippen LogP contribution in [0.15, 0.2) is 10.6 Å². The lowest BCUT2D eigenvalue weighted by Gasteiger charge is -2.21. The van der Waals surface area contributed by atoms with Gasteiger partial charge in [-0.3, -0.25) is 4.79 Å². The maximum absolute atomic E-state index is 13.1. The zero-order valence-corrected chi connectivity index (χ0v) is 13.8. The lowest BCUT2D eigenvalue weighted by molar-refractivity contribution is 0.0762. The van der Waals surface area contributed by atoms with Crippen LogP contribution in [0, 0.1) is 12.8 Å². The summed E-state index contributed by atoms with van der Waals surface area (Å²) in [5, 5.41) is 4.82. The van der Waals surface area contributed by atoms with Crippen molar-refractivity contribution in [3.63, 3.8) is 0 Å². The van der Waals surface area contributed by atoms with Crippen LogP contribution in [-0.4, -0.2) is 34.0 Å². The van der Waals surface area contributed by atoms with Crippen molar-refractivity contribution in [1.82, 2.24) is 15.0 Å². The molecule has 122 valence electrons. The van der Waals surface area contributed by atoms with Gasteiger partial charge in [-0.05, 0) is 51.0 Å². The van der Waals surface area contributed by atoms with Crippen LogP contribution < -0.4 is 0 Å². The van der Waals surface area contributed by atoms with Gasteiger partial charge in [0, 0.05) is 24.7 Å². The number of nitrogens with zero attached hydrogens (tertiary/aromatic N) is 3. The molecule has 2 aliphatic rings. The molecule has 4 rings (SSSR count). The van der Waals surface area contributed by atoms with Gasteiger partial charge in [0.15, 0.2) is 0 Å². The molecule has 0 aromatic carbocycles. The van der Waals surface area contributed by atoms with E-state index in [1.165, 1.54) is 6.42 Å². The van der Waals surface area contributed by atoms with Gasteiger partial charge in [0.1, 0.15) is 0 Å². The molecular weight excluding hydrogens is 290 g/mol. The first-order chi connectivity index (χ1) is 11.1. The number of rotatable bonds is 2. The molecule has 1 aliphatic heterocycles. The third-order valence-corrected chi connectivity index (χ3v) is 5.17. The topological polar surface area (TPSA) is 59.2 Å². The Labute approximate surface area is 136 Å². The van der Waals surface area contributed by atoms with Gasteiger partial charge in [-0.1, -0.05) is 12.1 Å². The van der Waals surface area contributed by atoms with Crippen LogP contribution in [0.2, 0.25) is 0 Å². The second kappa shape index (κ2) is 5.62. The summed E-state index contributed by atoms with van der Waals surface area (Å²) in [6.45, 7) is 5.84. The van der Waals surface area contributed by atoms with Crippen molar-refractivity contribution in [2.75, 3.05) is 13.1 Å². The first-order valence-electron chi connectivity index (χ1n) is 8.69. The first-order valence-corrected chi connectivity index (χ1v) is 8.69. The van der Waals surface area contributed by atoms with Crippen LogP contribution in [-0.2, 0) is 0 Å². The predicted molar refractivity (Wildman–Crippen MR) is 87.4 cm³/mol. The second-order valence-electron chi connectivity index (χ2n) is 7.15. The molecule has 0 bridgehead atoms. The van der Waals surface area contributed by atoms with Gasteiger partial charge in [-0.25, -0.2) is 4.98 Å². The lowest BCUT2D eigenvalue weighted by Crippen LogP contribution is -2.32. The fourth-order valence-electron chi connectivity index (χ4n) is 3.51. The number of carbonyl (C=O) groups excluding carboxylic acids is 1. The molecule has 23 heavy (non-hydrogen) atoms. The number of aromatic nitrogens is 2. The average Bonchev–Trinajstić information content (AvgIpc) is 3.35. The largest absolute Gasteiger partial charge is 0.339 e. The monoisotopic (exact) mass is 313 g/mol. The first kappa shape index (κ1) is 14.7. The van der Waals surface area contributed by atoms with Crippen LogP contribution in [0.3, 0.4) is 0 Å². The van der Waals surface area contributed by atoms with Crippen molar-refractivity contribution >= 4 is 17.0 Å². The quantitative estimate of drug-likeness (QED) is 0.848. The third kappa shape index (κ3) is 2.73. The summed E-state index contributed by atoms with van der Waals surface area (Å²) < 4.78 is 5.36. The number of likely N-dealkylation sites (tertiary alicyclic amines) is 1. The fourth-order valence-corrected chi connectivity index (χ4v) is 3.51. The zero-order valence-electron chi connectivity index (χ0n) is 13.8. The summed E-state index contributed by atoms with van der Waals surface area (Å²) in [4.78, 5) is 19.7. The van der Waals surface area contributed by atoms with Crippen LogP contribution in [0.1, 0.15) is 66.7 Å². The van der Waals surface area contributed by atoms with Gasteiger partial charge < -0.3 is 9.42 Å². The molecule has 2 fully saturated rings. The number of hydrogen-bond donors (Lipinski definition) is 0. The maximum Gasteiger partial charge on any atom is 0.259 e. The van der Waals surface area contributed by atoms with Crippen LogP contribution >= 0.6 is 0 Å². The molecule has 1 saturated carbocycles. The summed E-state index contributed by atoms with van der Waals surface area (Å²) in [6, 6.07) is 1.99. The Hall–Kier alpha value is -1.91. The second-order valence-corrected chi connectivity index (χ2v) is 7.15. The molecule has 1 atom stereocenters. The number of amides is 1. The molecule has 2 aromatic heterocycles. The van der Waals surface area contributed by atoms with Gasteiger partial charge in [0.2, 0.25) is 0 Å². The molecule has 0 spiro atoms. The fraction of sp³-hybridized carbons (Fsp3) is 0.611. The Balaban J connectivity index is 1.74. The Bertz CT molecular complexity index is 748. The number of pyridine rings is 1. The lowest BCUT2D eigenvalue weighted by atomic mass is 10.0. The number of hydrogen-bond acceptors (Lipinski definition) is 4. The van der Waals surface area contributed by atoms with Gasteiger partial charge in [-0.15, -0.1) is 0 Å². The average molecular weight is 313 g/mol. The summed E-state index contributed by atoms with van der Waals surface area (Å²) in [5.41, 5.74) is 2.98. The Morgan fingerprint density at radius 2 is 2.09 bits per heavy atom. The van der Waals surface area contributed by atoms with E-state index < -0.39 is 0 Å². The molecule has 1 amide bonds. The smallest absolute Gasteiger partial charge is 0.259 e. The molecular formula is C18H23N3O2. The molecule has 1 unspecified atom stereocenters. The third-order valence-electron chi connectivity index (χ3n) is 5.17. The zero-order chi connectivity index (χ0) is 16.0. The van der Waals surface area contributed by atoms with Crippen molar-refractivity contribution in [2.24, 2.45) is 5.92 Å². The van der Waals surface area contributed by atoms with Crippen LogP contribution in [0.4, 0.5) is 0 Å². The minimum absolute atomic E-state index is 0.111. The molecule has 1 saturated heterocycles.